The van der Waals surface area contributed by atoms with Gasteiger partial charge in [0, 0.05) is 34.2 Å². The number of hydrogen-bond donors (Lipinski definition) is 1. The topological polar surface area (TPSA) is 42.1 Å². The number of ether oxygens (including phenoxy) is 1. The summed E-state index contributed by atoms with van der Waals surface area (Å²) in [7, 11) is 0. The lowest BCUT2D eigenvalue weighted by Gasteiger charge is -2.29. The predicted molar refractivity (Wildman–Crippen MR) is 108 cm³/mol. The van der Waals surface area contributed by atoms with E-state index in [1.54, 1.807) is 6.92 Å². The highest BCUT2D eigenvalue weighted by Crippen LogP contribution is 2.46. The van der Waals surface area contributed by atoms with Crippen LogP contribution in [0.3, 0.4) is 0 Å². The van der Waals surface area contributed by atoms with E-state index in [4.69, 9.17) is 4.74 Å². The number of nitrogens with one attached hydrogen (secondary N) is 1. The Balaban J connectivity index is 1.84. The van der Waals surface area contributed by atoms with Crippen LogP contribution in [-0.2, 0) is 4.79 Å². The molecule has 3 aromatic carbocycles. The molecular weight excluding hydrogens is 334 g/mol. The Morgan fingerprint density at radius 3 is 2.44 bits per heavy atom. The summed E-state index contributed by atoms with van der Waals surface area (Å²) in [6.45, 7) is 3.51. The monoisotopic (exact) mass is 353 g/mol. The number of hydrogen-bond acceptors (Lipinski definition) is 2. The predicted octanol–water partition coefficient (Wildman–Crippen LogP) is 5.71. The van der Waals surface area contributed by atoms with Gasteiger partial charge in [-0.15, -0.1) is 0 Å². The number of ketones is 1. The Morgan fingerprint density at radius 2 is 1.67 bits per heavy atom. The van der Waals surface area contributed by atoms with Crippen LogP contribution < -0.4 is 4.74 Å². The third-order valence-corrected chi connectivity index (χ3v) is 5.43. The molecule has 2 heterocycles. The Bertz CT molecular complexity index is 1250. The number of carbonyl (C=O) groups excluding carboxylic acids is 1. The van der Waals surface area contributed by atoms with E-state index in [9.17, 15) is 4.79 Å². The minimum absolute atomic E-state index is 0.0431. The zero-order valence-electron chi connectivity index (χ0n) is 15.2. The molecule has 4 aromatic rings. The van der Waals surface area contributed by atoms with Gasteiger partial charge in [-0.2, -0.15) is 0 Å². The summed E-state index contributed by atoms with van der Waals surface area (Å²) in [6.07, 6.45) is 2.02. The number of benzene rings is 3. The number of carbonyl (C=O) groups is 1. The number of fused-ring (bicyclic) bond motifs is 3. The van der Waals surface area contributed by atoms with E-state index in [0.29, 0.717) is 5.76 Å². The van der Waals surface area contributed by atoms with Gasteiger partial charge >= 0.3 is 0 Å². The lowest BCUT2D eigenvalue weighted by Crippen LogP contribution is -2.20. The van der Waals surface area contributed by atoms with Crippen molar-refractivity contribution in [3.05, 3.63) is 89.3 Å². The Labute approximate surface area is 157 Å². The van der Waals surface area contributed by atoms with Crippen LogP contribution in [0.2, 0.25) is 0 Å². The first kappa shape index (κ1) is 15.9. The highest BCUT2D eigenvalue weighted by molar-refractivity contribution is 5.99. The Kier molecular flexibility index (Phi) is 3.44. The SMILES string of the molecule is CC(=O)C1=C(C)Oc2cc3ccccc3cc2C1c1c[nH]c2ccccc12. The number of allylic oxidation sites excluding steroid dienone is 2. The maximum Gasteiger partial charge on any atom is 0.160 e. The molecule has 5 rings (SSSR count). The number of H-pyrrole nitrogens is 1. The molecule has 1 atom stereocenters. The third kappa shape index (κ3) is 2.39. The Hall–Kier alpha value is -3.33. The van der Waals surface area contributed by atoms with Gasteiger partial charge in [0.05, 0.1) is 0 Å². The molecule has 1 aromatic heterocycles. The summed E-state index contributed by atoms with van der Waals surface area (Å²) in [5.41, 5.74) is 3.94. The van der Waals surface area contributed by atoms with Gasteiger partial charge in [0.2, 0.25) is 0 Å². The molecule has 0 saturated heterocycles. The van der Waals surface area contributed by atoms with Gasteiger partial charge in [-0.3, -0.25) is 4.79 Å². The third-order valence-electron chi connectivity index (χ3n) is 5.43. The van der Waals surface area contributed by atoms with Gasteiger partial charge in [-0.05, 0) is 48.4 Å². The second-order valence-corrected chi connectivity index (χ2v) is 7.09. The number of para-hydroxylation sites is 1. The summed E-state index contributed by atoms with van der Waals surface area (Å²) in [6, 6.07) is 20.7. The highest BCUT2D eigenvalue weighted by Gasteiger charge is 2.33. The maximum absolute atomic E-state index is 12.6. The molecule has 0 saturated carbocycles. The first-order chi connectivity index (χ1) is 13.1. The average molecular weight is 353 g/mol. The van der Waals surface area contributed by atoms with Crippen LogP contribution in [0, 0.1) is 0 Å². The normalized spacial score (nSPS) is 16.4. The fraction of sp³-hybridized carbons (Fsp3) is 0.125. The highest BCUT2D eigenvalue weighted by atomic mass is 16.5. The minimum Gasteiger partial charge on any atom is -0.461 e. The fourth-order valence-electron chi connectivity index (χ4n) is 4.24. The van der Waals surface area contributed by atoms with Crippen LogP contribution in [0.4, 0.5) is 0 Å². The zero-order valence-corrected chi connectivity index (χ0v) is 15.2. The van der Waals surface area contributed by atoms with E-state index in [1.165, 1.54) is 0 Å². The second kappa shape index (κ2) is 5.85. The molecule has 0 radical (unpaired) electrons. The van der Waals surface area contributed by atoms with Gasteiger partial charge in [0.15, 0.2) is 5.78 Å². The van der Waals surface area contributed by atoms with Crippen molar-refractivity contribution in [3.8, 4) is 5.75 Å². The van der Waals surface area contributed by atoms with Crippen molar-refractivity contribution in [1.82, 2.24) is 4.98 Å². The molecule has 0 spiro atoms. The van der Waals surface area contributed by atoms with E-state index in [2.05, 4.69) is 41.4 Å². The number of rotatable bonds is 2. The maximum atomic E-state index is 12.6. The quantitative estimate of drug-likeness (QED) is 0.502. The van der Waals surface area contributed by atoms with Crippen LogP contribution in [0.5, 0.6) is 5.75 Å². The van der Waals surface area contributed by atoms with E-state index in [0.717, 1.165) is 44.1 Å². The molecule has 0 bridgehead atoms. The van der Waals surface area contributed by atoms with E-state index in [1.807, 2.05) is 37.4 Å². The molecule has 3 nitrogen and oxygen atoms in total. The summed E-state index contributed by atoms with van der Waals surface area (Å²) >= 11 is 0. The fourth-order valence-corrected chi connectivity index (χ4v) is 4.24. The van der Waals surface area contributed by atoms with Crippen LogP contribution >= 0.6 is 0 Å². The molecule has 0 fully saturated rings. The van der Waals surface area contributed by atoms with Crippen LogP contribution in [-0.4, -0.2) is 10.8 Å². The van der Waals surface area contributed by atoms with Gasteiger partial charge in [0.25, 0.3) is 0 Å². The lowest BCUT2D eigenvalue weighted by molar-refractivity contribution is -0.114. The molecule has 3 heteroatoms. The molecular formula is C24H19NO2. The average Bonchev–Trinajstić information content (AvgIpc) is 3.09. The molecule has 27 heavy (non-hydrogen) atoms. The van der Waals surface area contributed by atoms with Crippen molar-refractivity contribution in [2.75, 3.05) is 0 Å². The second-order valence-electron chi connectivity index (χ2n) is 7.09. The molecule has 1 aliphatic rings. The summed E-state index contributed by atoms with van der Waals surface area (Å²) in [4.78, 5) is 15.9. The van der Waals surface area contributed by atoms with Gasteiger partial charge in [0.1, 0.15) is 11.5 Å². The molecule has 0 aliphatic carbocycles. The van der Waals surface area contributed by atoms with Gasteiger partial charge in [-0.25, -0.2) is 0 Å². The summed E-state index contributed by atoms with van der Waals surface area (Å²) in [5.74, 6) is 1.40. The Morgan fingerprint density at radius 1 is 0.963 bits per heavy atom. The van der Waals surface area contributed by atoms with Crippen molar-refractivity contribution in [2.45, 2.75) is 19.8 Å². The lowest BCUT2D eigenvalue weighted by atomic mass is 9.80. The summed E-state index contributed by atoms with van der Waals surface area (Å²) in [5, 5.41) is 3.41. The van der Waals surface area contributed by atoms with Crippen molar-refractivity contribution in [1.29, 1.82) is 0 Å². The van der Waals surface area contributed by atoms with Crippen LogP contribution in [0.15, 0.2) is 78.2 Å². The molecule has 1 N–H and O–H groups in total. The summed E-state index contributed by atoms with van der Waals surface area (Å²) < 4.78 is 6.10. The standard InChI is InChI=1S/C24H19NO2/c1-14(26)23-15(2)27-22-12-17-8-4-3-7-16(17)11-19(22)24(23)20-13-25-21-10-6-5-9-18(20)21/h3-13,24-25H,1-2H3. The van der Waals surface area contributed by atoms with Gasteiger partial charge in [-0.1, -0.05) is 42.5 Å². The molecule has 132 valence electrons. The van der Waals surface area contributed by atoms with Crippen molar-refractivity contribution < 1.29 is 9.53 Å². The van der Waals surface area contributed by atoms with Crippen LogP contribution in [0.1, 0.15) is 30.9 Å². The first-order valence-corrected chi connectivity index (χ1v) is 9.12. The van der Waals surface area contributed by atoms with Crippen molar-refractivity contribution in [3.63, 3.8) is 0 Å². The zero-order chi connectivity index (χ0) is 18.5. The molecule has 1 unspecified atom stereocenters. The van der Waals surface area contributed by atoms with E-state index < -0.39 is 0 Å². The van der Waals surface area contributed by atoms with E-state index in [-0.39, 0.29) is 11.7 Å². The van der Waals surface area contributed by atoms with E-state index >= 15 is 0 Å². The first-order valence-electron chi connectivity index (χ1n) is 9.12. The number of Topliss-reactive ketones (excluding diaryl/α,β-unsaturated/α-hetero) is 1. The number of aromatic amines is 1. The van der Waals surface area contributed by atoms with Crippen molar-refractivity contribution in [2.24, 2.45) is 0 Å². The van der Waals surface area contributed by atoms with Crippen LogP contribution in [0.25, 0.3) is 21.7 Å². The smallest absolute Gasteiger partial charge is 0.160 e. The van der Waals surface area contributed by atoms with Crippen molar-refractivity contribution >= 4 is 27.5 Å². The molecule has 1 aliphatic heterocycles. The minimum atomic E-state index is -0.146. The largest absolute Gasteiger partial charge is 0.461 e. The van der Waals surface area contributed by atoms with Gasteiger partial charge < -0.3 is 9.72 Å². The molecule has 0 amide bonds. The number of aromatic nitrogens is 1.